The fourth-order valence-corrected chi connectivity index (χ4v) is 2.51. The van der Waals surface area contributed by atoms with Crippen LogP contribution in [-0.4, -0.2) is 37.0 Å². The van der Waals surface area contributed by atoms with Crippen molar-refractivity contribution in [2.75, 3.05) is 25.5 Å². The summed E-state index contributed by atoms with van der Waals surface area (Å²) in [6.07, 6.45) is 0. The van der Waals surface area contributed by atoms with Crippen molar-refractivity contribution < 1.29 is 14.3 Å². The van der Waals surface area contributed by atoms with E-state index in [1.165, 1.54) is 12.7 Å². The lowest BCUT2D eigenvalue weighted by Crippen LogP contribution is -2.22. The minimum atomic E-state index is -0.433. The minimum Gasteiger partial charge on any atom is -0.465 e. The molecule has 1 N–H and O–H groups in total. The molecule has 0 aliphatic carbocycles. The van der Waals surface area contributed by atoms with Crippen LogP contribution in [0.25, 0.3) is 0 Å². The van der Waals surface area contributed by atoms with Crippen molar-refractivity contribution in [2.45, 2.75) is 20.4 Å². The Hall–Kier alpha value is -2.66. The molecule has 0 aromatic heterocycles. The standard InChI is InChI=1S/C20H24N2O3/c1-4-22(5-2)14-15-9-11-16(12-10-15)19(23)21-18-8-6-7-17(13-18)20(24)25-3/h6-13H,4-5,14H2,1-3H3,(H,21,23). The van der Waals surface area contributed by atoms with E-state index in [2.05, 4.69) is 28.8 Å². The molecule has 5 heteroatoms. The quantitative estimate of drug-likeness (QED) is 0.783. The molecule has 0 fully saturated rings. The lowest BCUT2D eigenvalue weighted by Gasteiger charge is -2.18. The van der Waals surface area contributed by atoms with Gasteiger partial charge < -0.3 is 10.1 Å². The number of rotatable bonds is 7. The highest BCUT2D eigenvalue weighted by atomic mass is 16.5. The van der Waals surface area contributed by atoms with Gasteiger partial charge in [0.15, 0.2) is 0 Å². The lowest BCUT2D eigenvalue weighted by atomic mass is 10.1. The normalized spacial score (nSPS) is 10.6. The summed E-state index contributed by atoms with van der Waals surface area (Å²) in [7, 11) is 1.33. The summed E-state index contributed by atoms with van der Waals surface area (Å²) in [5.41, 5.74) is 2.70. The molecule has 0 bridgehead atoms. The minimum absolute atomic E-state index is 0.212. The van der Waals surface area contributed by atoms with Gasteiger partial charge in [0.05, 0.1) is 12.7 Å². The Morgan fingerprint density at radius 3 is 2.28 bits per heavy atom. The van der Waals surface area contributed by atoms with Gasteiger partial charge in [-0.05, 0) is 49.0 Å². The number of esters is 1. The summed E-state index contributed by atoms with van der Waals surface area (Å²) in [5.74, 6) is -0.645. The van der Waals surface area contributed by atoms with E-state index in [-0.39, 0.29) is 5.91 Å². The summed E-state index contributed by atoms with van der Waals surface area (Å²) in [5, 5.41) is 2.80. The van der Waals surface area contributed by atoms with E-state index < -0.39 is 5.97 Å². The average molecular weight is 340 g/mol. The zero-order chi connectivity index (χ0) is 18.2. The van der Waals surface area contributed by atoms with Crippen molar-refractivity contribution in [2.24, 2.45) is 0 Å². The second-order valence-electron chi connectivity index (χ2n) is 5.68. The third-order valence-electron chi connectivity index (χ3n) is 4.06. The van der Waals surface area contributed by atoms with Crippen LogP contribution in [0.5, 0.6) is 0 Å². The maximum absolute atomic E-state index is 12.4. The number of ether oxygens (including phenoxy) is 1. The summed E-state index contributed by atoms with van der Waals surface area (Å²) >= 11 is 0. The number of anilines is 1. The first-order valence-electron chi connectivity index (χ1n) is 8.38. The molecule has 132 valence electrons. The molecule has 0 atom stereocenters. The van der Waals surface area contributed by atoms with E-state index in [9.17, 15) is 9.59 Å². The molecule has 0 unspecified atom stereocenters. The molecule has 0 saturated carbocycles. The van der Waals surface area contributed by atoms with E-state index in [1.54, 1.807) is 24.3 Å². The van der Waals surface area contributed by atoms with Gasteiger partial charge in [0.25, 0.3) is 5.91 Å². The van der Waals surface area contributed by atoms with Gasteiger partial charge in [0.1, 0.15) is 0 Å². The second kappa shape index (κ2) is 8.99. The zero-order valence-corrected chi connectivity index (χ0v) is 14.9. The number of hydrogen-bond donors (Lipinski definition) is 1. The Labute approximate surface area is 148 Å². The van der Waals surface area contributed by atoms with Crippen LogP contribution < -0.4 is 5.32 Å². The van der Waals surface area contributed by atoms with E-state index in [0.717, 1.165) is 19.6 Å². The molecule has 0 heterocycles. The Balaban J connectivity index is 2.05. The van der Waals surface area contributed by atoms with Gasteiger partial charge in [-0.1, -0.05) is 32.0 Å². The Kier molecular flexibility index (Phi) is 6.71. The first-order valence-corrected chi connectivity index (χ1v) is 8.38. The van der Waals surface area contributed by atoms with Crippen molar-refractivity contribution in [1.82, 2.24) is 4.90 Å². The highest BCUT2D eigenvalue weighted by Gasteiger charge is 2.10. The third-order valence-corrected chi connectivity index (χ3v) is 4.06. The average Bonchev–Trinajstić information content (AvgIpc) is 2.66. The molecule has 0 saturated heterocycles. The van der Waals surface area contributed by atoms with Crippen LogP contribution in [0.1, 0.15) is 40.1 Å². The third kappa shape index (κ3) is 5.16. The van der Waals surface area contributed by atoms with Crippen LogP contribution in [0, 0.1) is 0 Å². The number of nitrogens with zero attached hydrogens (tertiary/aromatic N) is 1. The molecule has 0 radical (unpaired) electrons. The number of benzene rings is 2. The number of methoxy groups -OCH3 is 1. The molecule has 0 aliphatic rings. The van der Waals surface area contributed by atoms with Crippen LogP contribution >= 0.6 is 0 Å². The fraction of sp³-hybridized carbons (Fsp3) is 0.300. The topological polar surface area (TPSA) is 58.6 Å². The first-order chi connectivity index (χ1) is 12.1. The van der Waals surface area contributed by atoms with Crippen LogP contribution in [0.15, 0.2) is 48.5 Å². The molecule has 2 aromatic carbocycles. The Morgan fingerprint density at radius 2 is 1.68 bits per heavy atom. The van der Waals surface area contributed by atoms with E-state index >= 15 is 0 Å². The van der Waals surface area contributed by atoms with E-state index in [4.69, 9.17) is 0 Å². The van der Waals surface area contributed by atoms with Gasteiger partial charge in [0.2, 0.25) is 0 Å². The molecule has 2 rings (SSSR count). The number of carbonyl (C=O) groups is 2. The molecular weight excluding hydrogens is 316 g/mol. The lowest BCUT2D eigenvalue weighted by molar-refractivity contribution is 0.0600. The highest BCUT2D eigenvalue weighted by Crippen LogP contribution is 2.14. The van der Waals surface area contributed by atoms with Gasteiger partial charge in [0, 0.05) is 17.8 Å². The second-order valence-corrected chi connectivity index (χ2v) is 5.68. The SMILES string of the molecule is CCN(CC)Cc1ccc(C(=O)Nc2cccc(C(=O)OC)c2)cc1. The van der Waals surface area contributed by atoms with Crippen molar-refractivity contribution >= 4 is 17.6 Å². The van der Waals surface area contributed by atoms with Crippen LogP contribution in [0.3, 0.4) is 0 Å². The van der Waals surface area contributed by atoms with Crippen molar-refractivity contribution in [3.8, 4) is 0 Å². The van der Waals surface area contributed by atoms with Crippen LogP contribution in [0.4, 0.5) is 5.69 Å². The Morgan fingerprint density at radius 1 is 1.00 bits per heavy atom. The number of amides is 1. The van der Waals surface area contributed by atoms with E-state index in [1.807, 2.05) is 24.3 Å². The summed E-state index contributed by atoms with van der Waals surface area (Å²) in [4.78, 5) is 26.2. The zero-order valence-electron chi connectivity index (χ0n) is 14.9. The van der Waals surface area contributed by atoms with Gasteiger partial charge in [-0.2, -0.15) is 0 Å². The number of nitrogens with one attached hydrogen (secondary N) is 1. The van der Waals surface area contributed by atoms with Crippen molar-refractivity contribution in [1.29, 1.82) is 0 Å². The molecule has 2 aromatic rings. The van der Waals surface area contributed by atoms with Crippen molar-refractivity contribution in [3.63, 3.8) is 0 Å². The monoisotopic (exact) mass is 340 g/mol. The molecule has 25 heavy (non-hydrogen) atoms. The first kappa shape index (κ1) is 18.7. The van der Waals surface area contributed by atoms with Gasteiger partial charge in [-0.3, -0.25) is 9.69 Å². The maximum atomic E-state index is 12.4. The predicted molar refractivity (Wildman–Crippen MR) is 98.8 cm³/mol. The predicted octanol–water partition coefficient (Wildman–Crippen LogP) is 3.57. The van der Waals surface area contributed by atoms with Crippen molar-refractivity contribution in [3.05, 3.63) is 65.2 Å². The Bertz CT molecular complexity index is 722. The summed E-state index contributed by atoms with van der Waals surface area (Å²) in [6, 6.07) is 14.3. The molecular formula is C20H24N2O3. The van der Waals surface area contributed by atoms with Gasteiger partial charge in [-0.25, -0.2) is 4.79 Å². The maximum Gasteiger partial charge on any atom is 0.337 e. The fourth-order valence-electron chi connectivity index (χ4n) is 2.51. The molecule has 0 aliphatic heterocycles. The van der Waals surface area contributed by atoms with Crippen LogP contribution in [-0.2, 0) is 11.3 Å². The van der Waals surface area contributed by atoms with Gasteiger partial charge in [-0.15, -0.1) is 0 Å². The molecule has 1 amide bonds. The van der Waals surface area contributed by atoms with Gasteiger partial charge >= 0.3 is 5.97 Å². The number of carbonyl (C=O) groups excluding carboxylic acids is 2. The molecule has 5 nitrogen and oxygen atoms in total. The van der Waals surface area contributed by atoms with Crippen LogP contribution in [0.2, 0.25) is 0 Å². The summed E-state index contributed by atoms with van der Waals surface area (Å²) in [6.45, 7) is 7.13. The highest BCUT2D eigenvalue weighted by molar-refractivity contribution is 6.04. The number of hydrogen-bond acceptors (Lipinski definition) is 4. The smallest absolute Gasteiger partial charge is 0.337 e. The largest absolute Gasteiger partial charge is 0.465 e. The molecule has 0 spiro atoms. The van der Waals surface area contributed by atoms with E-state index in [0.29, 0.717) is 16.8 Å². The summed E-state index contributed by atoms with van der Waals surface area (Å²) < 4.78 is 4.69.